The summed E-state index contributed by atoms with van der Waals surface area (Å²) in [4.78, 5) is 5.36. The molecular formula is C13H15ClN2OS. The molecule has 5 heteroatoms. The highest BCUT2D eigenvalue weighted by Crippen LogP contribution is 2.33. The molecule has 1 heterocycles. The van der Waals surface area contributed by atoms with Crippen molar-refractivity contribution in [1.82, 2.24) is 10.3 Å². The Morgan fingerprint density at radius 2 is 2.28 bits per heavy atom. The first-order valence-corrected chi connectivity index (χ1v) is 6.98. The van der Waals surface area contributed by atoms with E-state index in [1.54, 1.807) is 6.26 Å². The molecule has 18 heavy (non-hydrogen) atoms. The Hall–Kier alpha value is -0.970. The third kappa shape index (κ3) is 3.28. The lowest BCUT2D eigenvalue weighted by molar-refractivity contribution is 0.454. The van der Waals surface area contributed by atoms with Gasteiger partial charge in [-0.15, -0.1) is 0 Å². The Labute approximate surface area is 116 Å². The van der Waals surface area contributed by atoms with Crippen LogP contribution < -0.4 is 5.32 Å². The third-order valence-corrected chi connectivity index (χ3v) is 3.74. The quantitative estimate of drug-likeness (QED) is 0.903. The smallest absolute Gasteiger partial charge is 0.260 e. The van der Waals surface area contributed by atoms with Crippen LogP contribution in [0.4, 0.5) is 0 Å². The summed E-state index contributed by atoms with van der Waals surface area (Å²) in [5, 5.41) is 4.70. The molecule has 1 aromatic heterocycles. The van der Waals surface area contributed by atoms with Gasteiger partial charge in [-0.1, -0.05) is 24.6 Å². The van der Waals surface area contributed by atoms with Crippen LogP contribution in [-0.2, 0) is 6.54 Å². The van der Waals surface area contributed by atoms with Gasteiger partial charge < -0.3 is 9.73 Å². The number of oxazole rings is 1. The fourth-order valence-electron chi connectivity index (χ4n) is 1.53. The molecule has 1 N–H and O–H groups in total. The maximum absolute atomic E-state index is 6.23. The Bertz CT molecular complexity index is 527. The van der Waals surface area contributed by atoms with Gasteiger partial charge in [-0.25, -0.2) is 4.98 Å². The highest BCUT2D eigenvalue weighted by molar-refractivity contribution is 7.99. The Morgan fingerprint density at radius 1 is 1.44 bits per heavy atom. The SMILES string of the molecule is CCNCc1c(Cl)cccc1Sc1nc(C)co1. The van der Waals surface area contributed by atoms with E-state index in [1.165, 1.54) is 11.8 Å². The van der Waals surface area contributed by atoms with Crippen LogP contribution in [0.1, 0.15) is 18.2 Å². The first-order chi connectivity index (χ1) is 8.70. The van der Waals surface area contributed by atoms with E-state index in [4.69, 9.17) is 16.0 Å². The summed E-state index contributed by atoms with van der Waals surface area (Å²) in [5.74, 6) is 0. The third-order valence-electron chi connectivity index (χ3n) is 2.42. The van der Waals surface area contributed by atoms with Crippen LogP contribution >= 0.6 is 23.4 Å². The zero-order valence-corrected chi connectivity index (χ0v) is 11.9. The average molecular weight is 283 g/mol. The lowest BCUT2D eigenvalue weighted by Crippen LogP contribution is -2.12. The Morgan fingerprint density at radius 3 is 2.94 bits per heavy atom. The van der Waals surface area contributed by atoms with E-state index in [0.717, 1.165) is 34.3 Å². The number of nitrogens with one attached hydrogen (secondary N) is 1. The second-order valence-corrected chi connectivity index (χ2v) is 5.25. The van der Waals surface area contributed by atoms with Gasteiger partial charge in [0, 0.05) is 16.5 Å². The van der Waals surface area contributed by atoms with E-state index in [0.29, 0.717) is 5.22 Å². The molecule has 3 nitrogen and oxygen atoms in total. The molecule has 2 rings (SSSR count). The minimum absolute atomic E-state index is 0.646. The van der Waals surface area contributed by atoms with Crippen molar-refractivity contribution in [2.24, 2.45) is 0 Å². The summed E-state index contributed by atoms with van der Waals surface area (Å²) < 4.78 is 5.36. The predicted molar refractivity (Wildman–Crippen MR) is 74.2 cm³/mol. The molecule has 2 aromatic rings. The molecule has 0 amide bonds. The zero-order chi connectivity index (χ0) is 13.0. The molecule has 0 aliphatic heterocycles. The summed E-state index contributed by atoms with van der Waals surface area (Å²) >= 11 is 7.73. The van der Waals surface area contributed by atoms with Crippen molar-refractivity contribution < 1.29 is 4.42 Å². The number of hydrogen-bond acceptors (Lipinski definition) is 4. The molecule has 0 atom stereocenters. The first kappa shape index (κ1) is 13.5. The summed E-state index contributed by atoms with van der Waals surface area (Å²) in [6.45, 7) is 5.64. The summed E-state index contributed by atoms with van der Waals surface area (Å²) in [6.07, 6.45) is 1.65. The van der Waals surface area contributed by atoms with Crippen molar-refractivity contribution in [2.45, 2.75) is 30.5 Å². The van der Waals surface area contributed by atoms with E-state index in [2.05, 4.69) is 17.2 Å². The van der Waals surface area contributed by atoms with Gasteiger partial charge in [0.25, 0.3) is 5.22 Å². The Balaban J connectivity index is 2.23. The number of nitrogens with zero attached hydrogens (tertiary/aromatic N) is 1. The minimum atomic E-state index is 0.646. The fourth-order valence-corrected chi connectivity index (χ4v) is 2.75. The van der Waals surface area contributed by atoms with Gasteiger partial charge >= 0.3 is 0 Å². The van der Waals surface area contributed by atoms with E-state index in [1.807, 2.05) is 25.1 Å². The molecule has 96 valence electrons. The second-order valence-electron chi connectivity index (χ2n) is 3.85. The van der Waals surface area contributed by atoms with E-state index >= 15 is 0 Å². The molecule has 0 spiro atoms. The number of aromatic nitrogens is 1. The molecule has 0 radical (unpaired) electrons. The van der Waals surface area contributed by atoms with Crippen LogP contribution in [0.5, 0.6) is 0 Å². The lowest BCUT2D eigenvalue weighted by atomic mass is 10.2. The molecular weight excluding hydrogens is 268 g/mol. The highest BCUT2D eigenvalue weighted by atomic mass is 35.5. The molecule has 0 aliphatic carbocycles. The van der Waals surface area contributed by atoms with Gasteiger partial charge in [0.15, 0.2) is 0 Å². The van der Waals surface area contributed by atoms with Gasteiger partial charge in [0.2, 0.25) is 0 Å². The number of aryl methyl sites for hydroxylation is 1. The number of halogens is 1. The van der Waals surface area contributed by atoms with Gasteiger partial charge in [0.05, 0.1) is 5.69 Å². The molecule has 0 saturated carbocycles. The molecule has 0 fully saturated rings. The molecule has 0 aliphatic rings. The van der Waals surface area contributed by atoms with Crippen LogP contribution in [0.15, 0.2) is 39.0 Å². The number of rotatable bonds is 5. The first-order valence-electron chi connectivity index (χ1n) is 5.78. The van der Waals surface area contributed by atoms with Crippen molar-refractivity contribution in [3.8, 4) is 0 Å². The summed E-state index contributed by atoms with van der Waals surface area (Å²) in [5.41, 5.74) is 1.97. The van der Waals surface area contributed by atoms with Crippen LogP contribution in [0.2, 0.25) is 5.02 Å². The minimum Gasteiger partial charge on any atom is -0.439 e. The molecule has 0 unspecified atom stereocenters. The van der Waals surface area contributed by atoms with E-state index < -0.39 is 0 Å². The van der Waals surface area contributed by atoms with E-state index in [9.17, 15) is 0 Å². The lowest BCUT2D eigenvalue weighted by Gasteiger charge is -2.09. The average Bonchev–Trinajstić information content (AvgIpc) is 2.74. The molecule has 1 aromatic carbocycles. The topological polar surface area (TPSA) is 38.1 Å². The van der Waals surface area contributed by atoms with Gasteiger partial charge in [-0.3, -0.25) is 0 Å². The standard InChI is InChI=1S/C13H15ClN2OS/c1-3-15-7-10-11(14)5-4-6-12(10)18-13-16-9(2)8-17-13/h4-6,8,15H,3,7H2,1-2H3. The highest BCUT2D eigenvalue weighted by Gasteiger charge is 2.10. The van der Waals surface area contributed by atoms with Crippen LogP contribution in [0.25, 0.3) is 0 Å². The normalized spacial score (nSPS) is 10.8. The number of benzene rings is 1. The maximum Gasteiger partial charge on any atom is 0.260 e. The van der Waals surface area contributed by atoms with Crippen LogP contribution in [0.3, 0.4) is 0 Å². The van der Waals surface area contributed by atoms with Crippen molar-refractivity contribution in [3.63, 3.8) is 0 Å². The summed E-state index contributed by atoms with van der Waals surface area (Å²) in [7, 11) is 0. The summed E-state index contributed by atoms with van der Waals surface area (Å²) in [6, 6.07) is 5.87. The zero-order valence-electron chi connectivity index (χ0n) is 10.4. The van der Waals surface area contributed by atoms with Gasteiger partial charge in [0.1, 0.15) is 6.26 Å². The van der Waals surface area contributed by atoms with Crippen molar-refractivity contribution in [1.29, 1.82) is 0 Å². The molecule has 0 saturated heterocycles. The fraction of sp³-hybridized carbons (Fsp3) is 0.308. The second kappa shape index (κ2) is 6.27. The molecule has 0 bridgehead atoms. The van der Waals surface area contributed by atoms with Gasteiger partial charge in [-0.05, 0) is 42.9 Å². The van der Waals surface area contributed by atoms with Crippen LogP contribution in [0, 0.1) is 6.92 Å². The predicted octanol–water partition coefficient (Wildman–Crippen LogP) is 3.90. The van der Waals surface area contributed by atoms with Crippen LogP contribution in [-0.4, -0.2) is 11.5 Å². The van der Waals surface area contributed by atoms with E-state index in [-0.39, 0.29) is 0 Å². The largest absolute Gasteiger partial charge is 0.439 e. The van der Waals surface area contributed by atoms with Crippen molar-refractivity contribution in [2.75, 3.05) is 6.54 Å². The Kier molecular flexibility index (Phi) is 4.69. The van der Waals surface area contributed by atoms with Crippen molar-refractivity contribution in [3.05, 3.63) is 40.7 Å². The van der Waals surface area contributed by atoms with Gasteiger partial charge in [-0.2, -0.15) is 0 Å². The van der Waals surface area contributed by atoms with Crippen molar-refractivity contribution >= 4 is 23.4 Å². The number of hydrogen-bond donors (Lipinski definition) is 1. The maximum atomic E-state index is 6.23. The monoisotopic (exact) mass is 282 g/mol.